The molecule has 6 nitrogen and oxygen atoms in total. The first-order chi connectivity index (χ1) is 9.67. The van der Waals surface area contributed by atoms with E-state index in [9.17, 15) is 4.79 Å². The van der Waals surface area contributed by atoms with Gasteiger partial charge in [-0.25, -0.2) is 4.68 Å². The molecule has 2 aromatic rings. The van der Waals surface area contributed by atoms with Crippen molar-refractivity contribution < 1.29 is 9.35 Å². The van der Waals surface area contributed by atoms with Crippen molar-refractivity contribution in [3.63, 3.8) is 0 Å². The van der Waals surface area contributed by atoms with Gasteiger partial charge in [0.05, 0.1) is 23.8 Å². The lowest BCUT2D eigenvalue weighted by atomic mass is 10.4. The predicted octanol–water partition coefficient (Wildman–Crippen LogP) is 3.12. The maximum absolute atomic E-state index is 11.9. The van der Waals surface area contributed by atoms with Crippen molar-refractivity contribution in [3.8, 4) is 5.69 Å². The molecule has 114 valence electrons. The SMILES string of the molecule is C.CCN(C(=O)CSO)c1cn(-c2cccnc2)nc1Cl. The summed E-state index contributed by atoms with van der Waals surface area (Å²) in [5.41, 5.74) is 1.26. The summed E-state index contributed by atoms with van der Waals surface area (Å²) >= 11 is 6.58. The first kappa shape index (κ1) is 17.5. The Morgan fingerprint density at radius 2 is 2.33 bits per heavy atom. The molecule has 2 heterocycles. The van der Waals surface area contributed by atoms with Crippen molar-refractivity contribution in [1.29, 1.82) is 0 Å². The molecule has 0 atom stereocenters. The van der Waals surface area contributed by atoms with Crippen LogP contribution in [0.3, 0.4) is 0 Å². The van der Waals surface area contributed by atoms with Crippen LogP contribution in [-0.4, -0.2) is 37.5 Å². The van der Waals surface area contributed by atoms with Crippen molar-refractivity contribution in [2.75, 3.05) is 17.2 Å². The van der Waals surface area contributed by atoms with E-state index in [0.29, 0.717) is 24.3 Å². The summed E-state index contributed by atoms with van der Waals surface area (Å²) in [5.74, 6) is -0.255. The molecule has 0 saturated heterocycles. The third kappa shape index (κ3) is 3.96. The number of rotatable bonds is 5. The number of amides is 1. The van der Waals surface area contributed by atoms with E-state index in [0.717, 1.165) is 5.69 Å². The molecule has 1 amide bonds. The van der Waals surface area contributed by atoms with Gasteiger partial charge in [-0.15, -0.1) is 0 Å². The van der Waals surface area contributed by atoms with Crippen LogP contribution in [-0.2, 0) is 4.79 Å². The molecule has 0 aliphatic rings. The number of halogens is 1. The van der Waals surface area contributed by atoms with Gasteiger partial charge >= 0.3 is 0 Å². The normalized spacial score (nSPS) is 10.0. The molecule has 21 heavy (non-hydrogen) atoms. The zero-order chi connectivity index (χ0) is 14.5. The van der Waals surface area contributed by atoms with Crippen LogP contribution in [0.25, 0.3) is 5.69 Å². The topological polar surface area (TPSA) is 71.2 Å². The molecule has 2 rings (SSSR count). The molecule has 0 aliphatic heterocycles. The standard InChI is InChI=1S/C12H13ClN4O2S.CH4/c1-2-16(11(18)8-20-19)10-7-17(15-12(10)13)9-4-3-5-14-6-9;/h3-7,19H,2,8H2,1H3;1H4. The van der Waals surface area contributed by atoms with Crippen molar-refractivity contribution in [2.24, 2.45) is 0 Å². The Labute approximate surface area is 132 Å². The van der Waals surface area contributed by atoms with Gasteiger partial charge < -0.3 is 9.45 Å². The summed E-state index contributed by atoms with van der Waals surface area (Å²) in [6.45, 7) is 2.27. The van der Waals surface area contributed by atoms with Crippen LogP contribution < -0.4 is 4.90 Å². The first-order valence-corrected chi connectivity index (χ1v) is 7.21. The van der Waals surface area contributed by atoms with Gasteiger partial charge in [-0.1, -0.05) is 19.0 Å². The van der Waals surface area contributed by atoms with E-state index in [4.69, 9.17) is 16.2 Å². The third-order valence-electron chi connectivity index (χ3n) is 2.66. The van der Waals surface area contributed by atoms with Gasteiger partial charge in [0.1, 0.15) is 5.69 Å². The average Bonchev–Trinajstić information content (AvgIpc) is 2.83. The highest BCUT2D eigenvalue weighted by molar-refractivity contribution is 7.94. The molecule has 8 heteroatoms. The van der Waals surface area contributed by atoms with Gasteiger partial charge in [-0.3, -0.25) is 9.78 Å². The van der Waals surface area contributed by atoms with E-state index in [1.807, 2.05) is 13.0 Å². The number of nitrogens with zero attached hydrogens (tertiary/aromatic N) is 4. The van der Waals surface area contributed by atoms with E-state index < -0.39 is 0 Å². The van der Waals surface area contributed by atoms with E-state index in [1.54, 1.807) is 29.3 Å². The lowest BCUT2D eigenvalue weighted by molar-refractivity contribution is -0.116. The number of hydrogen-bond donors (Lipinski definition) is 1. The number of carbonyl (C=O) groups is 1. The summed E-state index contributed by atoms with van der Waals surface area (Å²) in [5, 5.41) is 4.40. The van der Waals surface area contributed by atoms with Gasteiger partial charge in [-0.2, -0.15) is 5.10 Å². The van der Waals surface area contributed by atoms with Gasteiger partial charge in [0.15, 0.2) is 5.15 Å². The fourth-order valence-electron chi connectivity index (χ4n) is 1.76. The quantitative estimate of drug-likeness (QED) is 0.854. The minimum atomic E-state index is -0.229. The molecule has 0 fully saturated rings. The van der Waals surface area contributed by atoms with E-state index >= 15 is 0 Å². The molecule has 0 aromatic carbocycles. The highest BCUT2D eigenvalue weighted by Gasteiger charge is 2.20. The second-order valence-corrected chi connectivity index (χ2v) is 4.78. The highest BCUT2D eigenvalue weighted by atomic mass is 35.5. The molecule has 2 aromatic heterocycles. The van der Waals surface area contributed by atoms with Gasteiger partial charge in [0.25, 0.3) is 0 Å². The molecule has 0 unspecified atom stereocenters. The van der Waals surface area contributed by atoms with Crippen LogP contribution in [0.5, 0.6) is 0 Å². The van der Waals surface area contributed by atoms with Crippen LogP contribution in [0.15, 0.2) is 30.7 Å². The summed E-state index contributed by atoms with van der Waals surface area (Å²) in [4.78, 5) is 17.4. The largest absolute Gasteiger partial charge is 0.330 e. The Balaban J connectivity index is 0.00000220. The fourth-order valence-corrected chi connectivity index (χ4v) is 2.26. The van der Waals surface area contributed by atoms with Crippen LogP contribution in [0.1, 0.15) is 14.4 Å². The van der Waals surface area contributed by atoms with Crippen LogP contribution in [0.4, 0.5) is 5.69 Å². The summed E-state index contributed by atoms with van der Waals surface area (Å²) in [6, 6.07) is 3.62. The number of anilines is 1. The van der Waals surface area contributed by atoms with Gasteiger partial charge in [-0.05, 0) is 31.1 Å². The van der Waals surface area contributed by atoms with Crippen molar-refractivity contribution >= 4 is 35.2 Å². The molecule has 0 bridgehead atoms. The van der Waals surface area contributed by atoms with Crippen molar-refractivity contribution in [2.45, 2.75) is 14.4 Å². The molecule has 0 radical (unpaired) electrons. The zero-order valence-corrected chi connectivity index (χ0v) is 12.3. The monoisotopic (exact) mass is 328 g/mol. The van der Waals surface area contributed by atoms with Crippen LogP contribution in [0.2, 0.25) is 5.15 Å². The Morgan fingerprint density at radius 1 is 1.57 bits per heavy atom. The van der Waals surface area contributed by atoms with E-state index in [-0.39, 0.29) is 24.2 Å². The average molecular weight is 329 g/mol. The number of pyridine rings is 1. The molecular formula is C13H17ClN4O2S. The molecule has 0 saturated carbocycles. The van der Waals surface area contributed by atoms with Crippen LogP contribution in [0, 0.1) is 0 Å². The van der Waals surface area contributed by atoms with Crippen molar-refractivity contribution in [1.82, 2.24) is 14.8 Å². The summed E-state index contributed by atoms with van der Waals surface area (Å²) < 4.78 is 10.3. The fraction of sp³-hybridized carbons (Fsp3) is 0.308. The summed E-state index contributed by atoms with van der Waals surface area (Å²) in [6.07, 6.45) is 4.98. The van der Waals surface area contributed by atoms with E-state index in [1.165, 1.54) is 4.90 Å². The molecule has 1 N–H and O–H groups in total. The molecule has 0 aliphatic carbocycles. The Kier molecular flexibility index (Phi) is 6.67. The second-order valence-electron chi connectivity index (χ2n) is 3.87. The Hall–Kier alpha value is -1.57. The minimum Gasteiger partial charge on any atom is -0.330 e. The Morgan fingerprint density at radius 3 is 2.90 bits per heavy atom. The third-order valence-corrected chi connectivity index (χ3v) is 3.30. The Bertz CT molecular complexity index is 591. The highest BCUT2D eigenvalue weighted by Crippen LogP contribution is 2.26. The molecular weight excluding hydrogens is 312 g/mol. The summed E-state index contributed by atoms with van der Waals surface area (Å²) in [7, 11) is 0. The van der Waals surface area contributed by atoms with Crippen LogP contribution >= 0.6 is 23.6 Å². The maximum Gasteiger partial charge on any atom is 0.239 e. The number of hydrogen-bond acceptors (Lipinski definition) is 5. The zero-order valence-electron chi connectivity index (χ0n) is 10.7. The van der Waals surface area contributed by atoms with E-state index in [2.05, 4.69) is 10.1 Å². The van der Waals surface area contributed by atoms with Gasteiger partial charge in [0.2, 0.25) is 5.91 Å². The predicted molar refractivity (Wildman–Crippen MR) is 86.2 cm³/mol. The lowest BCUT2D eigenvalue weighted by Crippen LogP contribution is -2.32. The number of carbonyl (C=O) groups excluding carboxylic acids is 1. The van der Waals surface area contributed by atoms with Gasteiger partial charge in [0, 0.05) is 12.7 Å². The minimum absolute atomic E-state index is 0. The molecule has 0 spiro atoms. The second kappa shape index (κ2) is 8.02. The smallest absolute Gasteiger partial charge is 0.239 e. The maximum atomic E-state index is 11.9. The lowest BCUT2D eigenvalue weighted by Gasteiger charge is -2.18. The van der Waals surface area contributed by atoms with Crippen molar-refractivity contribution in [3.05, 3.63) is 35.9 Å². The number of aromatic nitrogens is 3. The first-order valence-electron chi connectivity index (χ1n) is 5.89.